The third kappa shape index (κ3) is 3.43. The Bertz CT molecular complexity index is 534. The third-order valence-corrected chi connectivity index (χ3v) is 3.60. The predicted molar refractivity (Wildman–Crippen MR) is 73.9 cm³/mol. The molecule has 1 heterocycles. The number of thiazole rings is 1. The Balaban J connectivity index is 0.00000162. The summed E-state index contributed by atoms with van der Waals surface area (Å²) in [6.07, 6.45) is 1.92. The molecule has 2 nitrogen and oxygen atoms in total. The lowest BCUT2D eigenvalue weighted by atomic mass is 10.2. The molecule has 18 heavy (non-hydrogen) atoms. The Morgan fingerprint density at radius 2 is 2.17 bits per heavy atom. The van der Waals surface area contributed by atoms with E-state index in [-0.39, 0.29) is 17.0 Å². The average Bonchev–Trinajstić information content (AvgIpc) is 2.62. The number of nitrogens with zero attached hydrogens (tertiary/aromatic N) is 1. The van der Waals surface area contributed by atoms with E-state index in [1.807, 2.05) is 6.08 Å². The highest BCUT2D eigenvalue weighted by Gasteiger charge is 2.14. The van der Waals surface area contributed by atoms with E-state index in [2.05, 4.69) is 60.0 Å². The van der Waals surface area contributed by atoms with E-state index in [0.717, 1.165) is 17.4 Å². The molecule has 4 heteroatoms. The van der Waals surface area contributed by atoms with Gasteiger partial charge >= 0.3 is 5.13 Å². The Labute approximate surface area is 123 Å². The van der Waals surface area contributed by atoms with Crippen molar-refractivity contribution in [2.75, 3.05) is 5.32 Å². The molecule has 96 valence electrons. The first-order valence-corrected chi connectivity index (χ1v) is 6.51. The molecule has 0 saturated carbocycles. The van der Waals surface area contributed by atoms with Crippen LogP contribution in [0.1, 0.15) is 11.3 Å². The lowest BCUT2D eigenvalue weighted by Gasteiger charge is -2.02. The molecule has 0 saturated heterocycles. The van der Waals surface area contributed by atoms with Gasteiger partial charge in [-0.15, -0.1) is 0 Å². The molecule has 0 radical (unpaired) electrons. The van der Waals surface area contributed by atoms with Crippen molar-refractivity contribution in [1.29, 1.82) is 0 Å². The quantitative estimate of drug-likeness (QED) is 0.643. The van der Waals surface area contributed by atoms with E-state index < -0.39 is 0 Å². The maximum Gasteiger partial charge on any atom is 0.339 e. The number of rotatable bonds is 4. The van der Waals surface area contributed by atoms with Gasteiger partial charge in [0.1, 0.15) is 17.9 Å². The zero-order valence-electron chi connectivity index (χ0n) is 10.6. The summed E-state index contributed by atoms with van der Waals surface area (Å²) < 4.78 is 2.22. The van der Waals surface area contributed by atoms with Crippen LogP contribution in [-0.4, -0.2) is 0 Å². The Morgan fingerprint density at radius 3 is 2.83 bits per heavy atom. The number of benzene rings is 1. The molecule has 0 spiro atoms. The van der Waals surface area contributed by atoms with Gasteiger partial charge in [-0.3, -0.25) is 0 Å². The second-order valence-electron chi connectivity index (χ2n) is 4.08. The van der Waals surface area contributed by atoms with Crippen LogP contribution in [-0.2, 0) is 6.54 Å². The van der Waals surface area contributed by atoms with Gasteiger partial charge in [0, 0.05) is 5.38 Å². The summed E-state index contributed by atoms with van der Waals surface area (Å²) in [4.78, 5) is 0. The molecule has 0 fully saturated rings. The summed E-state index contributed by atoms with van der Waals surface area (Å²) in [7, 11) is 0. The molecule has 0 aliphatic heterocycles. The Morgan fingerprint density at radius 1 is 1.39 bits per heavy atom. The number of nitrogens with one attached hydrogen (secondary N) is 1. The highest BCUT2D eigenvalue weighted by molar-refractivity contribution is 7.13. The van der Waals surface area contributed by atoms with E-state index in [1.165, 1.54) is 11.3 Å². The van der Waals surface area contributed by atoms with E-state index in [4.69, 9.17) is 0 Å². The van der Waals surface area contributed by atoms with Crippen LogP contribution in [0.5, 0.6) is 0 Å². The van der Waals surface area contributed by atoms with Crippen molar-refractivity contribution in [3.8, 4) is 0 Å². The summed E-state index contributed by atoms with van der Waals surface area (Å²) >= 11 is 1.72. The molecule has 0 unspecified atom stereocenters. The largest absolute Gasteiger partial charge is 1.00 e. The van der Waals surface area contributed by atoms with Crippen LogP contribution in [0.25, 0.3) is 0 Å². The van der Waals surface area contributed by atoms with Crippen molar-refractivity contribution in [3.05, 3.63) is 53.6 Å². The summed E-state index contributed by atoms with van der Waals surface area (Å²) in [6.45, 7) is 8.84. The maximum absolute atomic E-state index is 3.79. The number of aryl methyl sites for hydroxylation is 2. The predicted octanol–water partition coefficient (Wildman–Crippen LogP) is 0.586. The topological polar surface area (TPSA) is 15.9 Å². The fourth-order valence-electron chi connectivity index (χ4n) is 1.73. The zero-order chi connectivity index (χ0) is 12.3. The molecule has 1 aromatic carbocycles. The van der Waals surface area contributed by atoms with Crippen molar-refractivity contribution in [1.82, 2.24) is 0 Å². The number of allylic oxidation sites excluding steroid dienone is 1. The minimum absolute atomic E-state index is 0. The number of halogens is 1. The normalized spacial score (nSPS) is 9.67. The van der Waals surface area contributed by atoms with Gasteiger partial charge in [0.15, 0.2) is 0 Å². The van der Waals surface area contributed by atoms with Gasteiger partial charge in [-0.05, 0) is 31.5 Å². The fourth-order valence-corrected chi connectivity index (χ4v) is 2.66. The van der Waals surface area contributed by atoms with Crippen molar-refractivity contribution in [2.45, 2.75) is 20.4 Å². The molecule has 0 amide bonds. The van der Waals surface area contributed by atoms with Gasteiger partial charge in [0.25, 0.3) is 0 Å². The van der Waals surface area contributed by atoms with Crippen LogP contribution < -0.4 is 26.9 Å². The van der Waals surface area contributed by atoms with Crippen LogP contribution in [0, 0.1) is 13.8 Å². The molecule has 0 atom stereocenters. The smallest absolute Gasteiger partial charge is 0.339 e. The lowest BCUT2D eigenvalue weighted by molar-refractivity contribution is -0.674. The molecular weight excluding hydrogens is 308 g/mol. The minimum Gasteiger partial charge on any atom is -1.00 e. The number of aromatic nitrogens is 1. The molecule has 2 aromatic rings. The zero-order valence-corrected chi connectivity index (χ0v) is 13.0. The highest BCUT2D eigenvalue weighted by Crippen LogP contribution is 2.19. The van der Waals surface area contributed by atoms with Crippen molar-refractivity contribution in [2.24, 2.45) is 0 Å². The summed E-state index contributed by atoms with van der Waals surface area (Å²) in [5.41, 5.74) is 3.65. The molecule has 0 aliphatic rings. The maximum atomic E-state index is 3.79. The highest BCUT2D eigenvalue weighted by atomic mass is 79.9. The number of hydrogen-bond donors (Lipinski definition) is 1. The van der Waals surface area contributed by atoms with Crippen LogP contribution >= 0.6 is 11.3 Å². The monoisotopic (exact) mass is 324 g/mol. The molecule has 0 aliphatic carbocycles. The standard InChI is InChI=1S/C14H16N2S.BrH/c1-4-8-16-12(3)10-17-14(16)15-13-7-5-6-11(2)9-13;/h4-7,9-10H,1,8H2,2-3H3;1H. The second kappa shape index (κ2) is 6.71. The first-order valence-electron chi connectivity index (χ1n) is 5.63. The first-order chi connectivity index (χ1) is 8.20. The van der Waals surface area contributed by atoms with Crippen LogP contribution in [0.4, 0.5) is 10.8 Å². The van der Waals surface area contributed by atoms with Crippen LogP contribution in [0.2, 0.25) is 0 Å². The molecular formula is C14H17BrN2S. The SMILES string of the molecule is C=CC[n+]1c(C)csc1Nc1cccc(C)c1.[Br-]. The van der Waals surface area contributed by atoms with Gasteiger partial charge < -0.3 is 17.0 Å². The number of hydrogen-bond acceptors (Lipinski definition) is 2. The minimum atomic E-state index is 0. The van der Waals surface area contributed by atoms with Crippen molar-refractivity contribution >= 4 is 22.2 Å². The molecule has 1 aromatic heterocycles. The lowest BCUT2D eigenvalue weighted by Crippen LogP contribution is -3.00. The van der Waals surface area contributed by atoms with Gasteiger partial charge in [-0.2, -0.15) is 0 Å². The van der Waals surface area contributed by atoms with Crippen LogP contribution in [0.15, 0.2) is 42.3 Å². The average molecular weight is 325 g/mol. The number of anilines is 2. The third-order valence-electron chi connectivity index (χ3n) is 2.59. The van der Waals surface area contributed by atoms with Gasteiger partial charge in [-0.1, -0.05) is 36.1 Å². The van der Waals surface area contributed by atoms with E-state index in [0.29, 0.717) is 0 Å². The van der Waals surface area contributed by atoms with Gasteiger partial charge in [0.2, 0.25) is 0 Å². The summed E-state index contributed by atoms with van der Waals surface area (Å²) in [5, 5.41) is 6.75. The van der Waals surface area contributed by atoms with Gasteiger partial charge in [0.05, 0.1) is 0 Å². The first kappa shape index (κ1) is 14.9. The Kier molecular flexibility index (Phi) is 5.56. The van der Waals surface area contributed by atoms with Crippen molar-refractivity contribution in [3.63, 3.8) is 0 Å². The van der Waals surface area contributed by atoms with E-state index in [1.54, 1.807) is 11.3 Å². The second-order valence-corrected chi connectivity index (χ2v) is 4.93. The van der Waals surface area contributed by atoms with E-state index >= 15 is 0 Å². The van der Waals surface area contributed by atoms with Crippen LogP contribution in [0.3, 0.4) is 0 Å². The van der Waals surface area contributed by atoms with Crippen molar-refractivity contribution < 1.29 is 21.5 Å². The Hall–Kier alpha value is -1.13. The molecule has 0 bridgehead atoms. The molecule has 2 rings (SSSR count). The fraction of sp³-hybridized carbons (Fsp3) is 0.214. The summed E-state index contributed by atoms with van der Waals surface area (Å²) in [6, 6.07) is 8.40. The van der Waals surface area contributed by atoms with E-state index in [9.17, 15) is 0 Å². The molecule has 1 N–H and O–H groups in total. The summed E-state index contributed by atoms with van der Waals surface area (Å²) in [5.74, 6) is 0. The van der Waals surface area contributed by atoms with Gasteiger partial charge in [-0.25, -0.2) is 9.88 Å².